The van der Waals surface area contributed by atoms with Gasteiger partial charge >= 0.3 is 5.97 Å². The van der Waals surface area contributed by atoms with Gasteiger partial charge in [-0.15, -0.1) is 0 Å². The molecule has 0 aliphatic heterocycles. The van der Waals surface area contributed by atoms with Crippen LogP contribution in [0.2, 0.25) is 0 Å². The Morgan fingerprint density at radius 1 is 1.26 bits per heavy atom. The van der Waals surface area contributed by atoms with E-state index in [2.05, 4.69) is 18.9 Å². The summed E-state index contributed by atoms with van der Waals surface area (Å²) >= 11 is 0. The fourth-order valence-electron chi connectivity index (χ4n) is 1.90. The molecule has 0 saturated heterocycles. The van der Waals surface area contributed by atoms with Gasteiger partial charge < -0.3 is 9.47 Å². The first-order valence-electron chi connectivity index (χ1n) is 6.41. The number of ether oxygens (including phenoxy) is 2. The third kappa shape index (κ3) is 5.01. The van der Waals surface area contributed by atoms with Crippen molar-refractivity contribution in [3.05, 3.63) is 35.4 Å². The van der Waals surface area contributed by atoms with Crippen molar-refractivity contribution < 1.29 is 14.3 Å². The minimum atomic E-state index is -0.208. The average Bonchev–Trinajstić information content (AvgIpc) is 2.41. The minimum Gasteiger partial charge on any atom is -0.469 e. The van der Waals surface area contributed by atoms with Gasteiger partial charge in [-0.05, 0) is 25.1 Å². The zero-order chi connectivity index (χ0) is 14.3. The molecule has 0 fully saturated rings. The molecule has 1 aromatic rings. The van der Waals surface area contributed by atoms with Gasteiger partial charge in [0.05, 0.1) is 20.1 Å². The van der Waals surface area contributed by atoms with E-state index in [4.69, 9.17) is 9.47 Å². The monoisotopic (exact) mass is 265 g/mol. The van der Waals surface area contributed by atoms with Crippen LogP contribution in [0, 0.1) is 0 Å². The van der Waals surface area contributed by atoms with Crippen LogP contribution >= 0.6 is 0 Å². The van der Waals surface area contributed by atoms with Crippen molar-refractivity contribution in [1.29, 1.82) is 0 Å². The van der Waals surface area contributed by atoms with Crippen molar-refractivity contribution in [3.8, 4) is 0 Å². The maximum absolute atomic E-state index is 11.4. The molecule has 0 spiro atoms. The predicted octanol–water partition coefficient (Wildman–Crippen LogP) is 1.87. The highest BCUT2D eigenvalue weighted by Gasteiger charge is 2.13. The lowest BCUT2D eigenvalue weighted by molar-refractivity contribution is -0.139. The minimum absolute atomic E-state index is 0.208. The Morgan fingerprint density at radius 3 is 2.47 bits per heavy atom. The SMILES string of the molecule is COCC(C)N(C)Cc1ccccc1CC(=O)OC. The summed E-state index contributed by atoms with van der Waals surface area (Å²) in [5, 5.41) is 0. The van der Waals surface area contributed by atoms with Gasteiger partial charge in [0.25, 0.3) is 0 Å². The standard InChI is InChI=1S/C15H23NO3/c1-12(11-18-3)16(2)10-14-8-6-5-7-13(14)9-15(17)19-4/h5-8,12H,9-11H2,1-4H3. The van der Waals surface area contributed by atoms with Crippen LogP contribution in [0.5, 0.6) is 0 Å². The lowest BCUT2D eigenvalue weighted by Gasteiger charge is -2.25. The number of nitrogens with zero attached hydrogens (tertiary/aromatic N) is 1. The summed E-state index contributed by atoms with van der Waals surface area (Å²) < 4.78 is 9.89. The number of hydrogen-bond donors (Lipinski definition) is 0. The van der Waals surface area contributed by atoms with Crippen LogP contribution in [-0.4, -0.2) is 44.8 Å². The van der Waals surface area contributed by atoms with Gasteiger partial charge in [0.2, 0.25) is 0 Å². The Morgan fingerprint density at radius 2 is 1.89 bits per heavy atom. The van der Waals surface area contributed by atoms with Gasteiger partial charge in [-0.3, -0.25) is 9.69 Å². The first kappa shape index (κ1) is 15.7. The first-order chi connectivity index (χ1) is 9.08. The summed E-state index contributed by atoms with van der Waals surface area (Å²) in [6, 6.07) is 8.29. The average molecular weight is 265 g/mol. The molecular formula is C15H23NO3. The van der Waals surface area contributed by atoms with Crippen molar-refractivity contribution >= 4 is 5.97 Å². The molecule has 1 atom stereocenters. The molecule has 0 radical (unpaired) electrons. The van der Waals surface area contributed by atoms with Gasteiger partial charge in [0.1, 0.15) is 0 Å². The third-order valence-electron chi connectivity index (χ3n) is 3.26. The van der Waals surface area contributed by atoms with Crippen molar-refractivity contribution in [2.75, 3.05) is 27.9 Å². The third-order valence-corrected chi connectivity index (χ3v) is 3.26. The maximum atomic E-state index is 11.4. The zero-order valence-electron chi connectivity index (χ0n) is 12.2. The first-order valence-corrected chi connectivity index (χ1v) is 6.41. The van der Waals surface area contributed by atoms with Crippen LogP contribution in [-0.2, 0) is 27.2 Å². The molecular weight excluding hydrogens is 242 g/mol. The van der Waals surface area contributed by atoms with Crippen molar-refractivity contribution in [1.82, 2.24) is 4.90 Å². The lowest BCUT2D eigenvalue weighted by Crippen LogP contribution is -2.32. The van der Waals surface area contributed by atoms with Gasteiger partial charge in [-0.1, -0.05) is 24.3 Å². The van der Waals surface area contributed by atoms with E-state index in [1.807, 2.05) is 24.3 Å². The summed E-state index contributed by atoms with van der Waals surface area (Å²) in [4.78, 5) is 13.6. The fraction of sp³-hybridized carbons (Fsp3) is 0.533. The van der Waals surface area contributed by atoms with Crippen molar-refractivity contribution in [2.45, 2.75) is 25.9 Å². The largest absolute Gasteiger partial charge is 0.469 e. The topological polar surface area (TPSA) is 38.8 Å². The number of rotatable bonds is 7. The number of benzene rings is 1. The number of carbonyl (C=O) groups is 1. The molecule has 0 amide bonds. The van der Waals surface area contributed by atoms with Gasteiger partial charge in [-0.25, -0.2) is 0 Å². The second-order valence-corrected chi connectivity index (χ2v) is 4.74. The smallest absolute Gasteiger partial charge is 0.309 e. The van der Waals surface area contributed by atoms with Gasteiger partial charge in [-0.2, -0.15) is 0 Å². The van der Waals surface area contributed by atoms with E-state index in [1.54, 1.807) is 7.11 Å². The Bertz CT molecular complexity index is 406. The van der Waals surface area contributed by atoms with Gasteiger partial charge in [0.15, 0.2) is 0 Å². The Kier molecular flexibility index (Phi) is 6.53. The van der Waals surface area contributed by atoms with E-state index in [9.17, 15) is 4.79 Å². The molecule has 0 bridgehead atoms. The Labute approximate surface area is 115 Å². The Hall–Kier alpha value is -1.39. The zero-order valence-corrected chi connectivity index (χ0v) is 12.2. The number of esters is 1. The molecule has 1 rings (SSSR count). The normalized spacial score (nSPS) is 12.5. The van der Waals surface area contributed by atoms with Crippen LogP contribution in [0.4, 0.5) is 0 Å². The number of hydrogen-bond acceptors (Lipinski definition) is 4. The molecule has 106 valence electrons. The summed E-state index contributed by atoms with van der Waals surface area (Å²) in [6.45, 7) is 3.60. The van der Waals surface area contributed by atoms with Crippen molar-refractivity contribution in [2.24, 2.45) is 0 Å². The number of carbonyl (C=O) groups excluding carboxylic acids is 1. The summed E-state index contributed by atoms with van der Waals surface area (Å²) in [5.74, 6) is -0.208. The highest BCUT2D eigenvalue weighted by atomic mass is 16.5. The molecule has 0 aromatic heterocycles. The quantitative estimate of drug-likeness (QED) is 0.706. The molecule has 0 aliphatic carbocycles. The molecule has 1 unspecified atom stereocenters. The van der Waals surface area contributed by atoms with Crippen LogP contribution < -0.4 is 0 Å². The molecule has 0 aliphatic rings. The van der Waals surface area contributed by atoms with E-state index in [0.29, 0.717) is 19.1 Å². The van der Waals surface area contributed by atoms with Crippen LogP contribution in [0.1, 0.15) is 18.1 Å². The lowest BCUT2D eigenvalue weighted by atomic mass is 10.0. The molecule has 4 heteroatoms. The van der Waals surface area contributed by atoms with E-state index in [1.165, 1.54) is 7.11 Å². The number of likely N-dealkylation sites (N-methyl/N-ethyl adjacent to an activating group) is 1. The summed E-state index contributed by atoms with van der Waals surface area (Å²) in [5.41, 5.74) is 2.17. The molecule has 19 heavy (non-hydrogen) atoms. The molecule has 1 aromatic carbocycles. The van der Waals surface area contributed by atoms with E-state index in [-0.39, 0.29) is 5.97 Å². The molecule has 4 nitrogen and oxygen atoms in total. The van der Waals surface area contributed by atoms with Gasteiger partial charge in [0, 0.05) is 19.7 Å². The summed E-state index contributed by atoms with van der Waals surface area (Å²) in [6.07, 6.45) is 0.319. The molecule has 0 saturated carbocycles. The van der Waals surface area contributed by atoms with Crippen LogP contribution in [0.25, 0.3) is 0 Å². The second kappa shape index (κ2) is 7.92. The van der Waals surface area contributed by atoms with E-state index >= 15 is 0 Å². The van der Waals surface area contributed by atoms with Crippen molar-refractivity contribution in [3.63, 3.8) is 0 Å². The van der Waals surface area contributed by atoms with E-state index < -0.39 is 0 Å². The van der Waals surface area contributed by atoms with Crippen LogP contribution in [0.3, 0.4) is 0 Å². The summed E-state index contributed by atoms with van der Waals surface area (Å²) in [7, 11) is 5.17. The van der Waals surface area contributed by atoms with Crippen LogP contribution in [0.15, 0.2) is 24.3 Å². The predicted molar refractivity (Wildman–Crippen MR) is 75.0 cm³/mol. The fourth-order valence-corrected chi connectivity index (χ4v) is 1.90. The highest BCUT2D eigenvalue weighted by Crippen LogP contribution is 2.14. The number of methoxy groups -OCH3 is 2. The highest BCUT2D eigenvalue weighted by molar-refractivity contribution is 5.72. The van der Waals surface area contributed by atoms with E-state index in [0.717, 1.165) is 17.7 Å². The Balaban J connectivity index is 2.74. The second-order valence-electron chi connectivity index (χ2n) is 4.74. The molecule has 0 heterocycles. The maximum Gasteiger partial charge on any atom is 0.309 e. The molecule has 0 N–H and O–H groups in total.